The van der Waals surface area contributed by atoms with E-state index in [1.807, 2.05) is 6.07 Å². The van der Waals surface area contributed by atoms with E-state index < -0.39 is 0 Å². The number of fused-ring (bicyclic) bond motifs is 6. The minimum Gasteiger partial charge on any atom is -0.456 e. The van der Waals surface area contributed by atoms with E-state index in [2.05, 4.69) is 211 Å². The van der Waals surface area contributed by atoms with Gasteiger partial charge in [-0.15, -0.1) is 0 Å². The van der Waals surface area contributed by atoms with Crippen LogP contribution in [0.25, 0.3) is 105 Å². The molecule has 262 valence electrons. The van der Waals surface area contributed by atoms with Gasteiger partial charge in [0.2, 0.25) is 0 Å². The van der Waals surface area contributed by atoms with E-state index in [1.165, 1.54) is 55.3 Å². The molecule has 2 heteroatoms. The first kappa shape index (κ1) is 32.0. The zero-order valence-electron chi connectivity index (χ0n) is 30.6. The molecular formula is C54H35NO. The maximum Gasteiger partial charge on any atom is 0.136 e. The van der Waals surface area contributed by atoms with Crippen molar-refractivity contribution in [2.24, 2.45) is 0 Å². The number of aromatic nitrogens is 1. The number of hydrogen-bond donors (Lipinski definition) is 0. The van der Waals surface area contributed by atoms with E-state index in [4.69, 9.17) is 4.42 Å². The van der Waals surface area contributed by atoms with Crippen molar-refractivity contribution in [1.29, 1.82) is 0 Å². The minimum atomic E-state index is 0.893. The second-order valence-electron chi connectivity index (χ2n) is 14.4. The highest BCUT2D eigenvalue weighted by atomic mass is 16.3. The smallest absolute Gasteiger partial charge is 0.136 e. The van der Waals surface area contributed by atoms with Crippen molar-refractivity contribution < 1.29 is 4.42 Å². The Morgan fingerprint density at radius 1 is 0.286 bits per heavy atom. The van der Waals surface area contributed by atoms with Crippen molar-refractivity contribution in [1.82, 2.24) is 4.57 Å². The van der Waals surface area contributed by atoms with Gasteiger partial charge in [-0.2, -0.15) is 0 Å². The third-order valence-electron chi connectivity index (χ3n) is 11.2. The summed E-state index contributed by atoms with van der Waals surface area (Å²) >= 11 is 0. The van der Waals surface area contributed by atoms with Gasteiger partial charge in [0, 0.05) is 27.1 Å². The van der Waals surface area contributed by atoms with Crippen molar-refractivity contribution in [2.75, 3.05) is 0 Å². The van der Waals surface area contributed by atoms with Crippen LogP contribution in [0.2, 0.25) is 0 Å². The summed E-state index contributed by atoms with van der Waals surface area (Å²) in [5.41, 5.74) is 17.2. The standard InChI is InChI=1S/C54H35NO/c1-3-16-36(17-4-1)40-20-7-9-22-42(40)38-30-32-50-47(34-38)48-35-39(43-23-10-8-21-41(43)37-18-5-2-6-19-37)31-33-51(48)55(50)49-27-13-11-24-44(49)45-26-15-29-53-54(45)46-25-12-14-28-52(46)56-53/h1-35H. The lowest BCUT2D eigenvalue weighted by Gasteiger charge is -2.15. The first-order valence-corrected chi connectivity index (χ1v) is 19.2. The molecule has 0 N–H and O–H groups in total. The molecule has 0 atom stereocenters. The Morgan fingerprint density at radius 2 is 0.732 bits per heavy atom. The normalized spacial score (nSPS) is 11.6. The van der Waals surface area contributed by atoms with Gasteiger partial charge in [0.25, 0.3) is 0 Å². The van der Waals surface area contributed by atoms with E-state index in [-0.39, 0.29) is 0 Å². The molecule has 0 bridgehead atoms. The topological polar surface area (TPSA) is 18.1 Å². The molecule has 0 unspecified atom stereocenters. The highest BCUT2D eigenvalue weighted by Crippen LogP contribution is 2.44. The van der Waals surface area contributed by atoms with Crippen molar-refractivity contribution in [3.63, 3.8) is 0 Å². The first-order valence-electron chi connectivity index (χ1n) is 19.2. The molecule has 0 amide bonds. The molecule has 0 aliphatic heterocycles. The fourth-order valence-corrected chi connectivity index (χ4v) is 8.72. The summed E-state index contributed by atoms with van der Waals surface area (Å²) in [5, 5.41) is 4.68. The molecule has 56 heavy (non-hydrogen) atoms. The molecule has 11 rings (SSSR count). The van der Waals surface area contributed by atoms with Gasteiger partial charge in [-0.3, -0.25) is 0 Å². The summed E-state index contributed by atoms with van der Waals surface area (Å²) in [7, 11) is 0. The van der Waals surface area contributed by atoms with Gasteiger partial charge in [0.1, 0.15) is 11.2 Å². The molecule has 9 aromatic carbocycles. The Kier molecular flexibility index (Phi) is 7.53. The lowest BCUT2D eigenvalue weighted by Crippen LogP contribution is -1.97. The average molecular weight is 714 g/mol. The highest BCUT2D eigenvalue weighted by Gasteiger charge is 2.21. The maximum atomic E-state index is 6.37. The number of para-hydroxylation sites is 2. The van der Waals surface area contributed by atoms with Gasteiger partial charge in [-0.25, -0.2) is 0 Å². The van der Waals surface area contributed by atoms with Crippen LogP contribution in [0, 0.1) is 0 Å². The van der Waals surface area contributed by atoms with Crippen LogP contribution in [-0.4, -0.2) is 4.57 Å². The predicted octanol–water partition coefficient (Wildman–Crippen LogP) is 15.0. The van der Waals surface area contributed by atoms with Crippen molar-refractivity contribution >= 4 is 43.7 Å². The second-order valence-corrected chi connectivity index (χ2v) is 14.4. The summed E-state index contributed by atoms with van der Waals surface area (Å²) < 4.78 is 8.83. The first-order chi connectivity index (χ1) is 27.8. The van der Waals surface area contributed by atoms with Gasteiger partial charge in [-0.1, -0.05) is 170 Å². The second kappa shape index (κ2) is 13.2. The van der Waals surface area contributed by atoms with E-state index in [0.717, 1.165) is 49.8 Å². The van der Waals surface area contributed by atoms with Gasteiger partial charge in [0.15, 0.2) is 0 Å². The van der Waals surface area contributed by atoms with Crippen molar-refractivity contribution in [2.45, 2.75) is 0 Å². The molecule has 0 spiro atoms. The van der Waals surface area contributed by atoms with Crippen LogP contribution < -0.4 is 0 Å². The Labute approximate surface area is 325 Å². The quantitative estimate of drug-likeness (QED) is 0.168. The number of benzene rings is 9. The van der Waals surface area contributed by atoms with Gasteiger partial charge in [0.05, 0.1) is 16.7 Å². The Bertz CT molecular complexity index is 3100. The Morgan fingerprint density at radius 3 is 1.32 bits per heavy atom. The largest absolute Gasteiger partial charge is 0.456 e. The summed E-state index contributed by atoms with van der Waals surface area (Å²) in [6.45, 7) is 0. The van der Waals surface area contributed by atoms with Crippen LogP contribution in [0.5, 0.6) is 0 Å². The van der Waals surface area contributed by atoms with Gasteiger partial charge in [-0.05, 0) is 92.5 Å². The molecule has 0 saturated heterocycles. The van der Waals surface area contributed by atoms with E-state index >= 15 is 0 Å². The van der Waals surface area contributed by atoms with Gasteiger partial charge >= 0.3 is 0 Å². The summed E-state index contributed by atoms with van der Waals surface area (Å²) in [5.74, 6) is 0. The molecule has 2 nitrogen and oxygen atoms in total. The van der Waals surface area contributed by atoms with E-state index in [9.17, 15) is 0 Å². The molecule has 0 saturated carbocycles. The van der Waals surface area contributed by atoms with E-state index in [0.29, 0.717) is 0 Å². The number of hydrogen-bond acceptors (Lipinski definition) is 1. The van der Waals surface area contributed by atoms with Crippen LogP contribution in [0.4, 0.5) is 0 Å². The molecule has 0 radical (unpaired) electrons. The summed E-state index contributed by atoms with van der Waals surface area (Å²) in [6, 6.07) is 76.5. The van der Waals surface area contributed by atoms with Crippen LogP contribution >= 0.6 is 0 Å². The zero-order chi connectivity index (χ0) is 37.0. The van der Waals surface area contributed by atoms with Crippen LogP contribution in [0.15, 0.2) is 217 Å². The lowest BCUT2D eigenvalue weighted by atomic mass is 9.92. The zero-order valence-corrected chi connectivity index (χ0v) is 30.6. The summed E-state index contributed by atoms with van der Waals surface area (Å²) in [4.78, 5) is 0. The Balaban J connectivity index is 1.19. The van der Waals surface area contributed by atoms with Gasteiger partial charge < -0.3 is 8.98 Å². The lowest BCUT2D eigenvalue weighted by molar-refractivity contribution is 0.669. The third-order valence-corrected chi connectivity index (χ3v) is 11.2. The van der Waals surface area contributed by atoms with E-state index in [1.54, 1.807) is 0 Å². The van der Waals surface area contributed by atoms with Crippen molar-refractivity contribution in [3.05, 3.63) is 212 Å². The number of nitrogens with zero attached hydrogens (tertiary/aromatic N) is 1. The monoisotopic (exact) mass is 713 g/mol. The highest BCUT2D eigenvalue weighted by molar-refractivity contribution is 6.15. The predicted molar refractivity (Wildman–Crippen MR) is 235 cm³/mol. The molecule has 0 aliphatic carbocycles. The van der Waals surface area contributed by atoms with Crippen LogP contribution in [0.1, 0.15) is 0 Å². The SMILES string of the molecule is c1ccc(-c2ccccc2-c2ccc3c(c2)c2cc(-c4ccccc4-c4ccccc4)ccc2n3-c2ccccc2-c2cccc3oc4ccccc4c23)cc1. The molecule has 0 fully saturated rings. The minimum absolute atomic E-state index is 0.893. The fraction of sp³-hybridized carbons (Fsp3) is 0. The van der Waals surface area contributed by atoms with Crippen LogP contribution in [0.3, 0.4) is 0 Å². The number of furan rings is 1. The van der Waals surface area contributed by atoms with Crippen LogP contribution in [-0.2, 0) is 0 Å². The molecule has 2 aromatic heterocycles. The average Bonchev–Trinajstić information content (AvgIpc) is 3.82. The molecule has 11 aromatic rings. The number of rotatable bonds is 6. The van der Waals surface area contributed by atoms with Crippen molar-refractivity contribution in [3.8, 4) is 61.3 Å². The third kappa shape index (κ3) is 5.19. The molecular weight excluding hydrogens is 679 g/mol. The maximum absolute atomic E-state index is 6.37. The fourth-order valence-electron chi connectivity index (χ4n) is 8.72. The summed E-state index contributed by atoms with van der Waals surface area (Å²) in [6.07, 6.45) is 0. The molecule has 0 aliphatic rings. The Hall–Kier alpha value is -7.42. The molecule has 2 heterocycles.